The van der Waals surface area contributed by atoms with Crippen LogP contribution in [0.25, 0.3) is 0 Å². The molecule has 0 bridgehead atoms. The van der Waals surface area contributed by atoms with E-state index >= 15 is 0 Å². The minimum atomic E-state index is -0.671. The van der Waals surface area contributed by atoms with Gasteiger partial charge in [-0.25, -0.2) is 4.39 Å². The Hall–Kier alpha value is -1.92. The van der Waals surface area contributed by atoms with E-state index in [0.717, 1.165) is 6.07 Å². The Morgan fingerprint density at radius 2 is 2.19 bits per heavy atom. The van der Waals surface area contributed by atoms with Gasteiger partial charge in [-0.05, 0) is 12.1 Å². The summed E-state index contributed by atoms with van der Waals surface area (Å²) in [5, 5.41) is 4.17. The molecule has 1 heterocycles. The van der Waals surface area contributed by atoms with Gasteiger partial charge in [0.1, 0.15) is 17.3 Å². The van der Waals surface area contributed by atoms with Crippen LogP contribution < -0.4 is 4.74 Å². The number of aromatic nitrogens is 2. The number of carbonyl (C=O) groups is 1. The third-order valence-electron chi connectivity index (χ3n) is 2.94. The largest absolute Gasteiger partial charge is 0.497 e. The van der Waals surface area contributed by atoms with E-state index in [9.17, 15) is 9.18 Å². The number of carbonyl (C=O) groups excluding carboxylic acids is 1. The third-order valence-corrected chi connectivity index (χ3v) is 3.21. The average molecular weight is 313 g/mol. The molecule has 0 N–H and O–H groups in total. The lowest BCUT2D eigenvalue weighted by Crippen LogP contribution is -2.15. The van der Waals surface area contributed by atoms with E-state index in [0.29, 0.717) is 18.9 Å². The van der Waals surface area contributed by atoms with E-state index in [1.807, 2.05) is 0 Å². The topological polar surface area (TPSA) is 53.4 Å². The lowest BCUT2D eigenvalue weighted by molar-refractivity contribution is 0.102. The molecule has 0 unspecified atom stereocenters. The first-order valence-electron chi connectivity index (χ1n) is 6.17. The molecule has 0 atom stereocenters. The van der Waals surface area contributed by atoms with Crippen LogP contribution in [-0.2, 0) is 11.3 Å². The Morgan fingerprint density at radius 1 is 1.43 bits per heavy atom. The first kappa shape index (κ1) is 15.5. The maximum atomic E-state index is 14.0. The summed E-state index contributed by atoms with van der Waals surface area (Å²) < 4.78 is 25.3. The van der Waals surface area contributed by atoms with Gasteiger partial charge in [0, 0.05) is 13.2 Å². The number of hydrogen-bond donors (Lipinski definition) is 0. The van der Waals surface area contributed by atoms with Crippen LogP contribution in [0.4, 0.5) is 4.39 Å². The normalized spacial score (nSPS) is 10.7. The molecule has 7 heteroatoms. The highest BCUT2D eigenvalue weighted by Crippen LogP contribution is 2.23. The Bertz CT molecular complexity index is 658. The van der Waals surface area contributed by atoms with Gasteiger partial charge in [-0.1, -0.05) is 11.6 Å². The highest BCUT2D eigenvalue weighted by Gasteiger charge is 2.22. The second-order valence-electron chi connectivity index (χ2n) is 4.23. The molecular weight excluding hydrogens is 299 g/mol. The molecule has 2 aromatic rings. The van der Waals surface area contributed by atoms with Gasteiger partial charge in [-0.3, -0.25) is 9.48 Å². The molecule has 0 amide bonds. The van der Waals surface area contributed by atoms with Crippen molar-refractivity contribution in [3.63, 3.8) is 0 Å². The highest BCUT2D eigenvalue weighted by molar-refractivity contribution is 6.34. The summed E-state index contributed by atoms with van der Waals surface area (Å²) in [4.78, 5) is 12.5. The van der Waals surface area contributed by atoms with Gasteiger partial charge in [0.05, 0.1) is 37.0 Å². The van der Waals surface area contributed by atoms with Crippen LogP contribution in [0.3, 0.4) is 0 Å². The molecule has 0 spiro atoms. The van der Waals surface area contributed by atoms with Gasteiger partial charge < -0.3 is 9.47 Å². The minimum absolute atomic E-state index is 0.0862. The van der Waals surface area contributed by atoms with E-state index in [1.165, 1.54) is 37.2 Å². The number of ether oxygens (including phenoxy) is 2. The lowest BCUT2D eigenvalue weighted by Gasteiger charge is -2.08. The van der Waals surface area contributed by atoms with Gasteiger partial charge in [-0.2, -0.15) is 5.10 Å². The van der Waals surface area contributed by atoms with Crippen molar-refractivity contribution >= 4 is 17.4 Å². The van der Waals surface area contributed by atoms with Crippen molar-refractivity contribution in [2.24, 2.45) is 0 Å². The number of hydrogen-bond acceptors (Lipinski definition) is 4. The molecule has 2 rings (SSSR count). The Labute approximate surface area is 126 Å². The first-order valence-corrected chi connectivity index (χ1v) is 6.54. The molecule has 5 nitrogen and oxygen atoms in total. The summed E-state index contributed by atoms with van der Waals surface area (Å²) >= 11 is 5.99. The summed E-state index contributed by atoms with van der Waals surface area (Å²) in [5.41, 5.74) is 0.0506. The summed E-state index contributed by atoms with van der Waals surface area (Å²) in [6.45, 7) is 0.714. The van der Waals surface area contributed by atoms with Crippen molar-refractivity contribution < 1.29 is 18.7 Å². The molecule has 0 aliphatic rings. The zero-order valence-corrected chi connectivity index (χ0v) is 12.4. The van der Waals surface area contributed by atoms with E-state index in [2.05, 4.69) is 5.10 Å². The van der Waals surface area contributed by atoms with Crippen LogP contribution in [0.5, 0.6) is 5.75 Å². The Balaban J connectivity index is 2.38. The fraction of sp³-hybridized carbons (Fsp3) is 0.286. The van der Waals surface area contributed by atoms with Gasteiger partial charge in [0.25, 0.3) is 0 Å². The molecule has 0 radical (unpaired) electrons. The molecule has 0 aliphatic heterocycles. The quantitative estimate of drug-likeness (QED) is 0.769. The van der Waals surface area contributed by atoms with Crippen LogP contribution in [0, 0.1) is 5.82 Å². The molecule has 21 heavy (non-hydrogen) atoms. The number of halogens is 2. The van der Waals surface area contributed by atoms with E-state index in [4.69, 9.17) is 21.1 Å². The SMILES string of the molecule is COCCn1ncc(Cl)c1C(=O)c1ccc(OC)cc1F. The molecular formula is C14H14ClFN2O3. The predicted octanol–water partition coefficient (Wildman–Crippen LogP) is 2.56. The average Bonchev–Trinajstić information content (AvgIpc) is 2.85. The van der Waals surface area contributed by atoms with E-state index < -0.39 is 11.6 Å². The minimum Gasteiger partial charge on any atom is -0.497 e. The van der Waals surface area contributed by atoms with Gasteiger partial charge in [0.15, 0.2) is 0 Å². The maximum absolute atomic E-state index is 14.0. The van der Waals surface area contributed by atoms with Crippen molar-refractivity contribution in [2.45, 2.75) is 6.54 Å². The summed E-state index contributed by atoms with van der Waals surface area (Å²) in [6, 6.07) is 4.03. The Kier molecular flexibility index (Phi) is 4.93. The van der Waals surface area contributed by atoms with Gasteiger partial charge in [-0.15, -0.1) is 0 Å². The van der Waals surface area contributed by atoms with Gasteiger partial charge in [0.2, 0.25) is 5.78 Å². The maximum Gasteiger partial charge on any atom is 0.215 e. The van der Waals surface area contributed by atoms with Crippen LogP contribution in [-0.4, -0.2) is 36.4 Å². The van der Waals surface area contributed by atoms with Crippen molar-refractivity contribution in [2.75, 3.05) is 20.8 Å². The summed E-state index contributed by atoms with van der Waals surface area (Å²) in [5.74, 6) is -0.869. The summed E-state index contributed by atoms with van der Waals surface area (Å²) in [6.07, 6.45) is 1.35. The monoisotopic (exact) mass is 312 g/mol. The van der Waals surface area contributed by atoms with Crippen LogP contribution in [0.1, 0.15) is 16.1 Å². The fourth-order valence-electron chi connectivity index (χ4n) is 1.87. The second-order valence-corrected chi connectivity index (χ2v) is 4.64. The lowest BCUT2D eigenvalue weighted by atomic mass is 10.1. The van der Waals surface area contributed by atoms with Crippen molar-refractivity contribution in [3.8, 4) is 5.75 Å². The fourth-order valence-corrected chi connectivity index (χ4v) is 2.10. The van der Waals surface area contributed by atoms with E-state index in [-0.39, 0.29) is 16.3 Å². The predicted molar refractivity (Wildman–Crippen MR) is 75.5 cm³/mol. The molecule has 1 aromatic carbocycles. The van der Waals surface area contributed by atoms with E-state index in [1.54, 1.807) is 0 Å². The summed E-state index contributed by atoms with van der Waals surface area (Å²) in [7, 11) is 2.96. The molecule has 0 saturated carbocycles. The van der Waals surface area contributed by atoms with Crippen LogP contribution >= 0.6 is 11.6 Å². The number of nitrogens with zero attached hydrogens (tertiary/aromatic N) is 2. The number of methoxy groups -OCH3 is 2. The Morgan fingerprint density at radius 3 is 2.81 bits per heavy atom. The van der Waals surface area contributed by atoms with Crippen molar-refractivity contribution in [1.29, 1.82) is 0 Å². The molecule has 0 saturated heterocycles. The molecule has 0 aliphatic carbocycles. The van der Waals surface area contributed by atoms with Crippen LogP contribution in [0.15, 0.2) is 24.4 Å². The number of benzene rings is 1. The zero-order chi connectivity index (χ0) is 15.4. The molecule has 112 valence electrons. The highest BCUT2D eigenvalue weighted by atomic mass is 35.5. The van der Waals surface area contributed by atoms with Gasteiger partial charge >= 0.3 is 0 Å². The second kappa shape index (κ2) is 6.69. The number of rotatable bonds is 6. The third kappa shape index (κ3) is 3.22. The molecule has 0 fully saturated rings. The standard InChI is InChI=1S/C14H14ClFN2O3/c1-20-6-5-18-13(11(15)8-17-18)14(19)10-4-3-9(21-2)7-12(10)16/h3-4,7-8H,5-6H2,1-2H3. The van der Waals surface area contributed by atoms with Crippen molar-refractivity contribution in [1.82, 2.24) is 9.78 Å². The van der Waals surface area contributed by atoms with Crippen LogP contribution in [0.2, 0.25) is 5.02 Å². The smallest absolute Gasteiger partial charge is 0.215 e. The number of ketones is 1. The first-order chi connectivity index (χ1) is 10.1. The zero-order valence-electron chi connectivity index (χ0n) is 11.6. The van der Waals surface area contributed by atoms with Crippen molar-refractivity contribution in [3.05, 3.63) is 46.5 Å². The molecule has 1 aromatic heterocycles.